The van der Waals surface area contributed by atoms with Gasteiger partial charge in [-0.3, -0.25) is 29.3 Å². The van der Waals surface area contributed by atoms with E-state index in [9.17, 15) is 24.3 Å². The lowest BCUT2D eigenvalue weighted by atomic mass is 9.93. The maximum Gasteiger partial charge on any atom is 0.420 e. The maximum absolute atomic E-state index is 15.2. The van der Waals surface area contributed by atoms with Crippen molar-refractivity contribution >= 4 is 57.9 Å². The predicted molar refractivity (Wildman–Crippen MR) is 284 cm³/mol. The van der Waals surface area contributed by atoms with Gasteiger partial charge in [-0.1, -0.05) is 42.5 Å². The van der Waals surface area contributed by atoms with Gasteiger partial charge in [0.05, 0.1) is 29.5 Å². The van der Waals surface area contributed by atoms with Crippen LogP contribution in [0.3, 0.4) is 0 Å². The number of piperazine rings is 1. The van der Waals surface area contributed by atoms with Gasteiger partial charge in [-0.05, 0) is 118 Å². The molecule has 2 saturated heterocycles. The molecule has 3 N–H and O–H groups in total. The molecule has 20 heteroatoms. The molecule has 3 aromatic carbocycles. The Morgan fingerprint density at radius 2 is 1.57 bits per heavy atom. The zero-order valence-corrected chi connectivity index (χ0v) is 43.2. The van der Waals surface area contributed by atoms with E-state index in [1.54, 1.807) is 17.7 Å². The van der Waals surface area contributed by atoms with Gasteiger partial charge in [0, 0.05) is 88.0 Å². The Morgan fingerprint density at radius 1 is 0.831 bits per heavy atom. The number of rotatable bonds is 14. The second kappa shape index (κ2) is 22.5. The van der Waals surface area contributed by atoms with Crippen LogP contribution >= 0.6 is 0 Å². The van der Waals surface area contributed by atoms with Crippen LogP contribution in [0.4, 0.5) is 30.5 Å². The quantitative estimate of drug-likeness (QED) is 0.0407. The van der Waals surface area contributed by atoms with Crippen molar-refractivity contribution < 1.29 is 46.9 Å². The van der Waals surface area contributed by atoms with E-state index in [1.807, 2.05) is 67.4 Å². The van der Waals surface area contributed by atoms with E-state index in [0.717, 1.165) is 72.7 Å². The number of aliphatic imine (C=N–C) groups is 1. The minimum Gasteiger partial charge on any atom is -0.490 e. The molecule has 3 fully saturated rings. The molecule has 402 valence electrons. The van der Waals surface area contributed by atoms with E-state index in [2.05, 4.69) is 35.5 Å². The van der Waals surface area contributed by atoms with Gasteiger partial charge < -0.3 is 29.7 Å². The van der Waals surface area contributed by atoms with Crippen LogP contribution in [0.2, 0.25) is 0 Å². The zero-order valence-electron chi connectivity index (χ0n) is 43.2. The summed E-state index contributed by atoms with van der Waals surface area (Å²) in [5.41, 5.74) is 2.98. The summed E-state index contributed by atoms with van der Waals surface area (Å²) in [7, 11) is 1.81. The van der Waals surface area contributed by atoms with Crippen LogP contribution in [0.25, 0.3) is 22.2 Å². The number of fused-ring (bicyclic) bond motifs is 2. The van der Waals surface area contributed by atoms with Crippen LogP contribution in [0.15, 0.2) is 89.9 Å². The lowest BCUT2D eigenvalue weighted by Gasteiger charge is -2.35. The van der Waals surface area contributed by atoms with Crippen molar-refractivity contribution in [2.24, 2.45) is 12.0 Å². The minimum atomic E-state index is -4.89. The predicted octanol–water partition coefficient (Wildman–Crippen LogP) is 8.54. The average Bonchev–Trinajstić information content (AvgIpc) is 3.74. The van der Waals surface area contributed by atoms with Crippen LogP contribution in [0.1, 0.15) is 107 Å². The number of aryl methyl sites for hydroxylation is 2. The molecule has 1 saturated carbocycles. The molecule has 0 radical (unpaired) electrons. The Morgan fingerprint density at radius 3 is 2.32 bits per heavy atom. The molecule has 3 aromatic heterocycles. The van der Waals surface area contributed by atoms with E-state index in [4.69, 9.17) is 14.5 Å². The molecule has 3 aliphatic heterocycles. The first kappa shape index (κ1) is 52.7. The molecule has 17 nitrogen and oxygen atoms in total. The minimum absolute atomic E-state index is 0.0450. The summed E-state index contributed by atoms with van der Waals surface area (Å²) in [6.07, 6.45) is -1.16. The summed E-state index contributed by atoms with van der Waals surface area (Å²) in [5, 5.41) is 21.2. The highest BCUT2D eigenvalue weighted by atomic mass is 19.4. The number of aromatic nitrogens is 4. The van der Waals surface area contributed by atoms with Gasteiger partial charge >= 0.3 is 12.1 Å². The van der Waals surface area contributed by atoms with E-state index in [1.165, 1.54) is 30.3 Å². The van der Waals surface area contributed by atoms with Crippen LogP contribution in [-0.4, -0.2) is 117 Å². The first-order valence-corrected chi connectivity index (χ1v) is 26.2. The molecule has 3 amide bonds. The maximum atomic E-state index is 15.2. The molecule has 4 aliphatic rings. The third-order valence-corrected chi connectivity index (χ3v) is 15.1. The number of nitrogens with zero attached hydrogens (tertiary/aromatic N) is 8. The summed E-state index contributed by atoms with van der Waals surface area (Å²) in [4.78, 5) is 71.2. The number of halogens is 3. The van der Waals surface area contributed by atoms with Crippen LogP contribution < -0.4 is 25.2 Å². The van der Waals surface area contributed by atoms with Crippen molar-refractivity contribution in [3.63, 3.8) is 0 Å². The largest absolute Gasteiger partial charge is 0.490 e. The van der Waals surface area contributed by atoms with Gasteiger partial charge in [0.25, 0.3) is 5.91 Å². The lowest BCUT2D eigenvalue weighted by molar-refractivity contribution is -0.139. The van der Waals surface area contributed by atoms with Crippen molar-refractivity contribution in [1.82, 2.24) is 35.3 Å². The van der Waals surface area contributed by atoms with Gasteiger partial charge in [-0.2, -0.15) is 18.3 Å². The van der Waals surface area contributed by atoms with Crippen molar-refractivity contribution in [2.45, 2.75) is 96.1 Å². The van der Waals surface area contributed by atoms with Gasteiger partial charge in [-0.15, -0.1) is 0 Å². The number of amidine groups is 1. The molecule has 10 rings (SSSR count). The zero-order chi connectivity index (χ0) is 54.0. The fourth-order valence-electron chi connectivity index (χ4n) is 11.0. The number of carboxylic acid groups (broad SMARTS) is 1. The summed E-state index contributed by atoms with van der Waals surface area (Å²) in [6.45, 7) is 8.97. The number of carboxylic acids is 1. The first-order valence-electron chi connectivity index (χ1n) is 26.2. The Kier molecular flexibility index (Phi) is 15.4. The Hall–Kier alpha value is -7.71. The third-order valence-electron chi connectivity index (χ3n) is 15.1. The highest BCUT2D eigenvalue weighted by molar-refractivity contribution is 6.07. The number of piperidine rings is 1. The molecule has 0 bridgehead atoms. The van der Waals surface area contributed by atoms with E-state index >= 15 is 13.2 Å². The lowest BCUT2D eigenvalue weighted by Crippen LogP contribution is -2.47. The number of hydrogen-bond acceptors (Lipinski definition) is 13. The number of anilines is 2. The second-order valence-electron chi connectivity index (χ2n) is 20.2. The standard InChI is InChI=1S/C57H61F3N10O7/c1-34-9-4-5-13-45(34)61-35(2)62-54(72)41-12-6-10-36-25-27-70(33-44(36)41)47-22-19-40(52(63-47)56(74)75)39-11-7-14-46(50(39)57(58,59)60)77-38-17-15-37(16-18-38)76-32-8-26-68-28-30-69(31-29-68)48-23-20-42-51(66-67(3)53(42)64-48)43-21-24-49(71)65-55(43)73/h4-7,9-14,19-20,22-23,37-38,43H,8,15-18,21,24-33H2,1-3H3,(H,74,75)(H,61,62,72)(H,65,71,73). The number of ether oxygens (including phenoxy) is 2. The van der Waals surface area contributed by atoms with Crippen molar-refractivity contribution in [2.75, 3.05) is 55.7 Å². The number of carbonyl (C=O) groups is 4. The number of carbonyl (C=O) groups excluding carboxylic acids is 3. The number of benzene rings is 3. The highest BCUT2D eigenvalue weighted by Crippen LogP contribution is 2.45. The summed E-state index contributed by atoms with van der Waals surface area (Å²) >= 11 is 0. The molecule has 6 heterocycles. The van der Waals surface area contributed by atoms with Crippen molar-refractivity contribution in [3.8, 4) is 16.9 Å². The number of pyridine rings is 2. The fraction of sp³-hybridized carbons (Fsp3) is 0.404. The van der Waals surface area contributed by atoms with Gasteiger partial charge in [-0.25, -0.2) is 19.8 Å². The summed E-state index contributed by atoms with van der Waals surface area (Å²) < 4.78 is 59.6. The van der Waals surface area contributed by atoms with Crippen LogP contribution in [-0.2, 0) is 40.5 Å². The number of alkyl halides is 3. The highest BCUT2D eigenvalue weighted by Gasteiger charge is 2.40. The number of amides is 3. The average molecular weight is 1060 g/mol. The van der Waals surface area contributed by atoms with Crippen LogP contribution in [0.5, 0.6) is 5.75 Å². The molecule has 1 unspecified atom stereocenters. The van der Waals surface area contributed by atoms with Crippen molar-refractivity contribution in [3.05, 3.63) is 124 Å². The number of para-hydroxylation sites is 1. The van der Waals surface area contributed by atoms with E-state index in [-0.39, 0.29) is 59.5 Å². The van der Waals surface area contributed by atoms with Crippen molar-refractivity contribution in [1.29, 1.82) is 0 Å². The molecule has 77 heavy (non-hydrogen) atoms. The molecular formula is C57H61F3N10O7. The van der Waals surface area contributed by atoms with Gasteiger partial charge in [0.2, 0.25) is 11.8 Å². The molecule has 6 aromatic rings. The van der Waals surface area contributed by atoms with Gasteiger partial charge in [0.15, 0.2) is 11.3 Å². The molecule has 0 spiro atoms. The third kappa shape index (κ3) is 11.7. The molecule has 1 aliphatic carbocycles. The molecule has 1 atom stereocenters. The first-order chi connectivity index (χ1) is 37.1. The number of imide groups is 1. The Labute approximate surface area is 443 Å². The number of nitrogens with one attached hydrogen (secondary N) is 2. The Bertz CT molecular complexity index is 3250. The number of aromatic carboxylic acids is 1. The topological polar surface area (TPSA) is 197 Å². The summed E-state index contributed by atoms with van der Waals surface area (Å²) in [5.74, 6) is -1.79. The SMILES string of the molecule is CC(=Nc1ccccc1C)NC(=O)c1cccc2c1CN(c1ccc(-c3cccc(OC4CCC(OCCCN5CCN(c6ccc7c(C8CCC(=O)NC8=O)nn(C)c7n6)CC5)CC4)c3C(F)(F)F)c(C(=O)O)n1)CC2. The number of hydrogen-bond donors (Lipinski definition) is 3. The monoisotopic (exact) mass is 1050 g/mol. The Balaban J connectivity index is 0.722. The summed E-state index contributed by atoms with van der Waals surface area (Å²) in [6, 6.07) is 23.8. The second-order valence-corrected chi connectivity index (χ2v) is 20.2. The van der Waals surface area contributed by atoms with Crippen LogP contribution in [0, 0.1) is 6.92 Å². The van der Waals surface area contributed by atoms with E-state index in [0.29, 0.717) is 74.4 Å². The smallest absolute Gasteiger partial charge is 0.420 e. The van der Waals surface area contributed by atoms with Gasteiger partial charge in [0.1, 0.15) is 28.8 Å². The molecular weight excluding hydrogens is 994 g/mol. The fourth-order valence-corrected chi connectivity index (χ4v) is 11.0. The normalized spacial score (nSPS) is 19.5. The van der Waals surface area contributed by atoms with E-state index < -0.39 is 35.4 Å².